The zero-order chi connectivity index (χ0) is 12.1. The maximum atomic E-state index is 12.0. The first-order valence-electron chi connectivity index (χ1n) is 5.77. The number of likely N-dealkylation sites (tertiary alicyclic amines) is 1. The van der Waals surface area contributed by atoms with Crippen molar-refractivity contribution in [1.82, 2.24) is 9.80 Å². The first-order chi connectivity index (χ1) is 7.61. The smallest absolute Gasteiger partial charge is 0.245 e. The van der Waals surface area contributed by atoms with Gasteiger partial charge in [0.1, 0.15) is 6.04 Å². The van der Waals surface area contributed by atoms with Crippen molar-refractivity contribution in [2.45, 2.75) is 32.2 Å². The van der Waals surface area contributed by atoms with E-state index in [1.165, 1.54) is 4.90 Å². The van der Waals surface area contributed by atoms with Crippen LogP contribution in [0.25, 0.3) is 0 Å². The Morgan fingerprint density at radius 1 is 1.62 bits per heavy atom. The van der Waals surface area contributed by atoms with Crippen molar-refractivity contribution in [3.63, 3.8) is 0 Å². The first kappa shape index (κ1) is 13.0. The highest BCUT2D eigenvalue weighted by Gasteiger charge is 2.32. The lowest BCUT2D eigenvalue weighted by Crippen LogP contribution is -2.48. The third kappa shape index (κ3) is 2.72. The first-order valence-corrected chi connectivity index (χ1v) is 5.77. The molecule has 1 unspecified atom stereocenters. The van der Waals surface area contributed by atoms with Crippen molar-refractivity contribution in [3.05, 3.63) is 0 Å². The van der Waals surface area contributed by atoms with Crippen molar-refractivity contribution >= 4 is 11.8 Å². The summed E-state index contributed by atoms with van der Waals surface area (Å²) in [5.74, 6) is -0.00982. The fourth-order valence-electron chi connectivity index (χ4n) is 2.04. The minimum atomic E-state index is -0.355. The van der Waals surface area contributed by atoms with Gasteiger partial charge in [-0.05, 0) is 12.8 Å². The zero-order valence-corrected chi connectivity index (χ0v) is 9.98. The second kappa shape index (κ2) is 5.84. The topological polar surface area (TPSA) is 60.9 Å². The molecule has 1 aliphatic rings. The molecular weight excluding hydrogens is 208 g/mol. The Morgan fingerprint density at radius 3 is 2.75 bits per heavy atom. The Hall–Kier alpha value is -1.10. The Labute approximate surface area is 96.0 Å². The van der Waals surface area contributed by atoms with Crippen LogP contribution in [-0.2, 0) is 9.59 Å². The van der Waals surface area contributed by atoms with Crippen molar-refractivity contribution in [1.29, 1.82) is 0 Å². The summed E-state index contributed by atoms with van der Waals surface area (Å²) in [6.45, 7) is 2.85. The minimum Gasteiger partial charge on any atom is -0.395 e. The third-order valence-corrected chi connectivity index (χ3v) is 2.97. The van der Waals surface area contributed by atoms with E-state index in [1.807, 2.05) is 6.92 Å². The van der Waals surface area contributed by atoms with Crippen molar-refractivity contribution in [2.75, 3.05) is 26.7 Å². The molecule has 5 heteroatoms. The number of nitrogens with zero attached hydrogens (tertiary/aromatic N) is 2. The molecule has 0 radical (unpaired) electrons. The Kier molecular flexibility index (Phi) is 4.73. The van der Waals surface area contributed by atoms with Crippen LogP contribution in [0.3, 0.4) is 0 Å². The average Bonchev–Trinajstić information content (AvgIpc) is 2.66. The van der Waals surface area contributed by atoms with Gasteiger partial charge in [-0.3, -0.25) is 9.59 Å². The summed E-state index contributed by atoms with van der Waals surface area (Å²) >= 11 is 0. The van der Waals surface area contributed by atoms with E-state index < -0.39 is 0 Å². The lowest BCUT2D eigenvalue weighted by atomic mass is 10.1. The van der Waals surface area contributed by atoms with Crippen LogP contribution in [0.1, 0.15) is 26.2 Å². The van der Waals surface area contributed by atoms with Crippen molar-refractivity contribution < 1.29 is 14.7 Å². The molecule has 0 saturated carbocycles. The number of carbonyl (C=O) groups excluding carboxylic acids is 2. The molecule has 16 heavy (non-hydrogen) atoms. The zero-order valence-electron chi connectivity index (χ0n) is 9.98. The van der Waals surface area contributed by atoms with E-state index in [-0.39, 0.29) is 24.5 Å². The number of rotatable bonds is 5. The molecule has 5 nitrogen and oxygen atoms in total. The molecule has 0 aromatic heterocycles. The summed E-state index contributed by atoms with van der Waals surface area (Å²) in [5, 5.41) is 8.78. The molecule has 0 aliphatic carbocycles. The fourth-order valence-corrected chi connectivity index (χ4v) is 2.04. The van der Waals surface area contributed by atoms with Gasteiger partial charge in [0.2, 0.25) is 11.8 Å². The predicted octanol–water partition coefficient (Wildman–Crippen LogP) is -0.162. The second-order valence-electron chi connectivity index (χ2n) is 4.10. The maximum absolute atomic E-state index is 12.0. The van der Waals surface area contributed by atoms with E-state index in [0.29, 0.717) is 25.9 Å². The molecule has 92 valence electrons. The minimum absolute atomic E-state index is 0.0490. The highest BCUT2D eigenvalue weighted by atomic mass is 16.3. The van der Waals surface area contributed by atoms with Gasteiger partial charge in [0, 0.05) is 26.6 Å². The highest BCUT2D eigenvalue weighted by molar-refractivity contribution is 5.88. The highest BCUT2D eigenvalue weighted by Crippen LogP contribution is 2.17. The molecule has 0 aromatic rings. The van der Waals surface area contributed by atoms with Gasteiger partial charge in [-0.15, -0.1) is 0 Å². The average molecular weight is 228 g/mol. The van der Waals surface area contributed by atoms with Crippen LogP contribution in [0.2, 0.25) is 0 Å². The molecule has 1 fully saturated rings. The van der Waals surface area contributed by atoms with Gasteiger partial charge in [-0.2, -0.15) is 0 Å². The van der Waals surface area contributed by atoms with Crippen molar-refractivity contribution in [3.8, 4) is 0 Å². The quantitative estimate of drug-likeness (QED) is 0.711. The Balaban J connectivity index is 2.66. The summed E-state index contributed by atoms with van der Waals surface area (Å²) in [6.07, 6.45) is 2.01. The van der Waals surface area contributed by atoms with E-state index in [2.05, 4.69) is 0 Å². The van der Waals surface area contributed by atoms with Gasteiger partial charge in [0.15, 0.2) is 0 Å². The summed E-state index contributed by atoms with van der Waals surface area (Å²) < 4.78 is 0. The van der Waals surface area contributed by atoms with Gasteiger partial charge in [-0.1, -0.05) is 6.92 Å². The second-order valence-corrected chi connectivity index (χ2v) is 4.10. The number of carbonyl (C=O) groups is 2. The molecule has 0 bridgehead atoms. The van der Waals surface area contributed by atoms with Gasteiger partial charge in [0.05, 0.1) is 6.61 Å². The van der Waals surface area contributed by atoms with E-state index in [1.54, 1.807) is 11.9 Å². The van der Waals surface area contributed by atoms with Gasteiger partial charge < -0.3 is 14.9 Å². The van der Waals surface area contributed by atoms with Crippen LogP contribution in [0.4, 0.5) is 0 Å². The van der Waals surface area contributed by atoms with Crippen LogP contribution < -0.4 is 0 Å². The molecule has 1 aliphatic heterocycles. The summed E-state index contributed by atoms with van der Waals surface area (Å²) in [5.41, 5.74) is 0. The molecule has 2 amide bonds. The lowest BCUT2D eigenvalue weighted by Gasteiger charge is -2.29. The molecule has 1 heterocycles. The fraction of sp³-hybridized carbons (Fsp3) is 0.818. The number of hydrogen-bond acceptors (Lipinski definition) is 3. The van der Waals surface area contributed by atoms with E-state index in [0.717, 1.165) is 6.42 Å². The molecule has 0 aromatic carbocycles. The summed E-state index contributed by atoms with van der Waals surface area (Å²) in [6, 6.07) is -0.355. The molecule has 1 atom stereocenters. The summed E-state index contributed by atoms with van der Waals surface area (Å²) in [4.78, 5) is 26.7. The monoisotopic (exact) mass is 228 g/mol. The predicted molar refractivity (Wildman–Crippen MR) is 59.7 cm³/mol. The standard InChI is InChI=1S/C11H20N2O3/c1-3-9(11(16)12(2)7-8-14)13-6-4-5-10(13)15/h9,14H,3-8H2,1-2H3. The number of hydrogen-bond donors (Lipinski definition) is 1. The van der Waals surface area contributed by atoms with E-state index >= 15 is 0 Å². The molecule has 1 rings (SSSR count). The SMILES string of the molecule is CCC(C(=O)N(C)CCO)N1CCCC1=O. The number of aliphatic hydroxyl groups excluding tert-OH is 1. The Bertz CT molecular complexity index is 268. The van der Waals surface area contributed by atoms with Crippen molar-refractivity contribution in [2.24, 2.45) is 0 Å². The van der Waals surface area contributed by atoms with Crippen LogP contribution in [-0.4, -0.2) is 59.5 Å². The molecule has 1 N–H and O–H groups in total. The third-order valence-electron chi connectivity index (χ3n) is 2.97. The van der Waals surface area contributed by atoms with Crippen LogP contribution in [0.5, 0.6) is 0 Å². The number of likely N-dealkylation sites (N-methyl/N-ethyl adjacent to an activating group) is 1. The van der Waals surface area contributed by atoms with E-state index in [9.17, 15) is 9.59 Å². The summed E-state index contributed by atoms with van der Waals surface area (Å²) in [7, 11) is 1.65. The molecule has 0 spiro atoms. The normalized spacial score (nSPS) is 17.7. The van der Waals surface area contributed by atoms with E-state index in [4.69, 9.17) is 5.11 Å². The van der Waals surface area contributed by atoms with Gasteiger partial charge >= 0.3 is 0 Å². The van der Waals surface area contributed by atoms with Crippen LogP contribution in [0.15, 0.2) is 0 Å². The number of amides is 2. The van der Waals surface area contributed by atoms with Crippen LogP contribution in [0, 0.1) is 0 Å². The molecular formula is C11H20N2O3. The van der Waals surface area contributed by atoms with Crippen LogP contribution >= 0.6 is 0 Å². The largest absolute Gasteiger partial charge is 0.395 e. The van der Waals surface area contributed by atoms with Gasteiger partial charge in [-0.25, -0.2) is 0 Å². The number of aliphatic hydroxyl groups is 1. The maximum Gasteiger partial charge on any atom is 0.245 e. The lowest BCUT2D eigenvalue weighted by molar-refractivity contribution is -0.143. The molecule has 1 saturated heterocycles. The Morgan fingerprint density at radius 2 is 2.31 bits per heavy atom. The van der Waals surface area contributed by atoms with Gasteiger partial charge in [0.25, 0.3) is 0 Å².